The molecule has 2 N–H and O–H groups in total. The van der Waals surface area contributed by atoms with Crippen LogP contribution >= 0.6 is 0 Å². The zero-order valence-corrected chi connectivity index (χ0v) is 10.8. The van der Waals surface area contributed by atoms with Crippen LogP contribution in [0.4, 0.5) is 0 Å². The summed E-state index contributed by atoms with van der Waals surface area (Å²) in [6.45, 7) is 1.62. The lowest BCUT2D eigenvalue weighted by molar-refractivity contribution is -0.0721. The average molecular weight is 274 g/mol. The molecule has 0 radical (unpaired) electrons. The molecule has 2 aromatic rings. The lowest BCUT2D eigenvalue weighted by atomic mass is 9.93. The Morgan fingerprint density at radius 2 is 1.85 bits per heavy atom. The van der Waals surface area contributed by atoms with Crippen LogP contribution in [0.1, 0.15) is 29.1 Å². The number of hydrogen-bond acceptors (Lipinski definition) is 5. The van der Waals surface area contributed by atoms with Gasteiger partial charge in [0.15, 0.2) is 6.10 Å². The molecule has 3 rings (SSSR count). The molecule has 0 fully saturated rings. The molecule has 0 unspecified atom stereocenters. The van der Waals surface area contributed by atoms with Gasteiger partial charge in [-0.1, -0.05) is 30.3 Å². The normalized spacial score (nSPS) is 24.9. The molecule has 0 spiro atoms. The van der Waals surface area contributed by atoms with Gasteiger partial charge in [-0.2, -0.15) is 0 Å². The van der Waals surface area contributed by atoms with Gasteiger partial charge in [-0.15, -0.1) is 0 Å². The first-order valence-corrected chi connectivity index (χ1v) is 6.30. The van der Waals surface area contributed by atoms with Crippen LogP contribution in [0.2, 0.25) is 0 Å². The minimum Gasteiger partial charge on any atom is -0.482 e. The van der Waals surface area contributed by atoms with Crippen molar-refractivity contribution in [2.24, 2.45) is 0 Å². The van der Waals surface area contributed by atoms with Gasteiger partial charge in [-0.25, -0.2) is 4.79 Å². The largest absolute Gasteiger partial charge is 0.482 e. The van der Waals surface area contributed by atoms with E-state index < -0.39 is 23.9 Å². The monoisotopic (exact) mass is 274 g/mol. The average Bonchev–Trinajstić information content (AvgIpc) is 2.43. The van der Waals surface area contributed by atoms with E-state index in [0.29, 0.717) is 5.76 Å². The molecule has 20 heavy (non-hydrogen) atoms. The van der Waals surface area contributed by atoms with Gasteiger partial charge in [0.2, 0.25) is 0 Å². The Hall–Kier alpha value is -2.11. The van der Waals surface area contributed by atoms with Crippen LogP contribution in [0.25, 0.3) is 0 Å². The molecule has 1 aromatic heterocycles. The van der Waals surface area contributed by atoms with Gasteiger partial charge in [-0.3, -0.25) is 0 Å². The fourth-order valence-electron chi connectivity index (χ4n) is 2.41. The number of benzene rings is 1. The first-order chi connectivity index (χ1) is 9.58. The predicted molar refractivity (Wildman–Crippen MR) is 70.5 cm³/mol. The maximum atomic E-state index is 11.8. The first-order valence-electron chi connectivity index (χ1n) is 6.30. The number of aliphatic hydroxyl groups excluding tert-OH is 2. The SMILES string of the molecule is Cc1cc2c(c(=O)o1)[C@@H](O)[C@@H](O)[C@H](c1ccccc1)O2. The number of rotatable bonds is 1. The van der Waals surface area contributed by atoms with E-state index in [1.54, 1.807) is 25.1 Å². The molecule has 104 valence electrons. The smallest absolute Gasteiger partial charge is 0.345 e. The number of ether oxygens (including phenoxy) is 1. The second-order valence-electron chi connectivity index (χ2n) is 4.81. The van der Waals surface area contributed by atoms with Crippen molar-refractivity contribution in [1.82, 2.24) is 0 Å². The zero-order chi connectivity index (χ0) is 14.3. The molecular formula is C15H14O5. The van der Waals surface area contributed by atoms with Gasteiger partial charge in [0, 0.05) is 6.07 Å². The Morgan fingerprint density at radius 3 is 2.55 bits per heavy atom. The van der Waals surface area contributed by atoms with Gasteiger partial charge < -0.3 is 19.4 Å². The highest BCUT2D eigenvalue weighted by Crippen LogP contribution is 2.39. The zero-order valence-electron chi connectivity index (χ0n) is 10.8. The van der Waals surface area contributed by atoms with Crippen molar-refractivity contribution in [2.75, 3.05) is 0 Å². The minimum absolute atomic E-state index is 0.0321. The van der Waals surface area contributed by atoms with E-state index in [9.17, 15) is 15.0 Å². The molecule has 0 saturated carbocycles. The van der Waals surface area contributed by atoms with Crippen LogP contribution in [0, 0.1) is 6.92 Å². The highest BCUT2D eigenvalue weighted by molar-refractivity contribution is 5.38. The highest BCUT2D eigenvalue weighted by atomic mass is 16.5. The van der Waals surface area contributed by atoms with Crippen LogP contribution in [0.3, 0.4) is 0 Å². The summed E-state index contributed by atoms with van der Waals surface area (Å²) in [6, 6.07) is 10.6. The highest BCUT2D eigenvalue weighted by Gasteiger charge is 2.39. The molecule has 5 nitrogen and oxygen atoms in total. The maximum Gasteiger partial charge on any atom is 0.345 e. The van der Waals surface area contributed by atoms with Gasteiger partial charge in [0.05, 0.1) is 0 Å². The molecule has 1 aliphatic heterocycles. The summed E-state index contributed by atoms with van der Waals surface area (Å²) in [5.74, 6) is 0.648. The van der Waals surface area contributed by atoms with Gasteiger partial charge in [-0.05, 0) is 12.5 Å². The number of fused-ring (bicyclic) bond motifs is 1. The van der Waals surface area contributed by atoms with Gasteiger partial charge >= 0.3 is 5.63 Å². The molecule has 3 atom stereocenters. The van der Waals surface area contributed by atoms with Crippen molar-refractivity contribution in [3.05, 3.63) is 63.7 Å². The van der Waals surface area contributed by atoms with E-state index >= 15 is 0 Å². The first kappa shape index (κ1) is 12.9. The van der Waals surface area contributed by atoms with Crippen molar-refractivity contribution in [1.29, 1.82) is 0 Å². The van der Waals surface area contributed by atoms with Crippen molar-refractivity contribution >= 4 is 0 Å². The third-order valence-electron chi connectivity index (χ3n) is 3.38. The van der Waals surface area contributed by atoms with Crippen LogP contribution < -0.4 is 10.4 Å². The van der Waals surface area contributed by atoms with E-state index in [1.165, 1.54) is 0 Å². The number of aliphatic hydroxyl groups is 2. The molecular weight excluding hydrogens is 260 g/mol. The molecule has 5 heteroatoms. The second kappa shape index (κ2) is 4.77. The molecule has 1 aromatic carbocycles. The molecule has 0 amide bonds. The Bertz CT molecular complexity index is 676. The molecule has 0 saturated heterocycles. The molecule has 1 aliphatic rings. The summed E-state index contributed by atoms with van der Waals surface area (Å²) < 4.78 is 10.6. The summed E-state index contributed by atoms with van der Waals surface area (Å²) >= 11 is 0. The quantitative estimate of drug-likeness (QED) is 0.823. The van der Waals surface area contributed by atoms with E-state index in [0.717, 1.165) is 5.56 Å². The molecule has 0 aliphatic carbocycles. The minimum atomic E-state index is -1.33. The van der Waals surface area contributed by atoms with Crippen molar-refractivity contribution in [2.45, 2.75) is 25.2 Å². The fourth-order valence-corrected chi connectivity index (χ4v) is 2.41. The van der Waals surface area contributed by atoms with E-state index in [4.69, 9.17) is 9.15 Å². The summed E-state index contributed by atoms with van der Waals surface area (Å²) in [7, 11) is 0. The number of aryl methyl sites for hydroxylation is 1. The maximum absolute atomic E-state index is 11.8. The fraction of sp³-hybridized carbons (Fsp3) is 0.267. The third kappa shape index (κ3) is 2.01. The summed E-state index contributed by atoms with van der Waals surface area (Å²) in [5, 5.41) is 20.3. The predicted octanol–water partition coefficient (Wildman–Crippen LogP) is 1.48. The van der Waals surface area contributed by atoms with Crippen molar-refractivity contribution < 1.29 is 19.4 Å². The summed E-state index contributed by atoms with van der Waals surface area (Å²) in [6.07, 6.45) is -3.28. The Balaban J connectivity index is 2.09. The van der Waals surface area contributed by atoms with Crippen LogP contribution in [0.5, 0.6) is 5.75 Å². The summed E-state index contributed by atoms with van der Waals surface area (Å²) in [5.41, 5.74) is 0.0175. The molecule has 2 heterocycles. The van der Waals surface area contributed by atoms with E-state index in [2.05, 4.69) is 0 Å². The van der Waals surface area contributed by atoms with Crippen LogP contribution in [-0.4, -0.2) is 16.3 Å². The van der Waals surface area contributed by atoms with E-state index in [-0.39, 0.29) is 11.3 Å². The van der Waals surface area contributed by atoms with Crippen molar-refractivity contribution in [3.8, 4) is 5.75 Å². The van der Waals surface area contributed by atoms with Crippen LogP contribution in [0.15, 0.2) is 45.6 Å². The second-order valence-corrected chi connectivity index (χ2v) is 4.81. The topological polar surface area (TPSA) is 79.9 Å². The van der Waals surface area contributed by atoms with Crippen LogP contribution in [-0.2, 0) is 0 Å². The van der Waals surface area contributed by atoms with Gasteiger partial charge in [0.1, 0.15) is 29.3 Å². The number of hydrogen-bond donors (Lipinski definition) is 2. The Labute approximate surface area is 115 Å². The van der Waals surface area contributed by atoms with Gasteiger partial charge in [0.25, 0.3) is 0 Å². The summed E-state index contributed by atoms with van der Waals surface area (Å²) in [4.78, 5) is 11.8. The lowest BCUT2D eigenvalue weighted by Crippen LogP contribution is -2.37. The lowest BCUT2D eigenvalue weighted by Gasteiger charge is -2.33. The third-order valence-corrected chi connectivity index (χ3v) is 3.38. The van der Waals surface area contributed by atoms with Crippen molar-refractivity contribution in [3.63, 3.8) is 0 Å². The standard InChI is InChI=1S/C15H14O5/c1-8-7-10-11(15(18)19-8)12(16)13(17)14(20-10)9-5-3-2-4-6-9/h2-7,12-14,16-17H,1H3/t12-,13-,14+/m1/s1. The molecule has 0 bridgehead atoms. The Morgan fingerprint density at radius 1 is 1.15 bits per heavy atom. The Kier molecular flexibility index (Phi) is 3.08. The van der Waals surface area contributed by atoms with E-state index in [1.807, 2.05) is 18.2 Å².